The Morgan fingerprint density at radius 2 is 1.95 bits per heavy atom. The van der Waals surface area contributed by atoms with Crippen molar-refractivity contribution in [2.75, 3.05) is 6.54 Å². The van der Waals surface area contributed by atoms with Crippen LogP contribution in [0.1, 0.15) is 33.5 Å². The average Bonchev–Trinajstić information content (AvgIpc) is 2.77. The highest BCUT2D eigenvalue weighted by Gasteiger charge is 2.11. The fourth-order valence-corrected chi connectivity index (χ4v) is 1.93. The molecule has 2 aromatic rings. The number of guanidine groups is 1. The maximum atomic E-state index is 5.76. The Hall–Kier alpha value is -1.24. The van der Waals surface area contributed by atoms with E-state index in [1.807, 2.05) is 30.3 Å². The summed E-state index contributed by atoms with van der Waals surface area (Å²) in [7, 11) is 0. The van der Waals surface area contributed by atoms with Crippen molar-refractivity contribution >= 4 is 40.9 Å². The van der Waals surface area contributed by atoms with Crippen LogP contribution in [0.3, 0.4) is 0 Å². The van der Waals surface area contributed by atoms with Gasteiger partial charge in [-0.3, -0.25) is 0 Å². The van der Waals surface area contributed by atoms with Crippen molar-refractivity contribution in [3.05, 3.63) is 36.1 Å². The quantitative estimate of drug-likeness (QED) is 0.466. The lowest BCUT2D eigenvalue weighted by atomic mass is 10.1. The summed E-state index contributed by atoms with van der Waals surface area (Å²) >= 11 is 0. The maximum Gasteiger partial charge on any atom is 0.192 e. The van der Waals surface area contributed by atoms with Crippen molar-refractivity contribution in [3.8, 4) is 0 Å². The second-order valence-electron chi connectivity index (χ2n) is 5.82. The van der Waals surface area contributed by atoms with Crippen LogP contribution in [0.5, 0.6) is 0 Å². The molecule has 5 heteroatoms. The van der Waals surface area contributed by atoms with Crippen LogP contribution in [0.4, 0.5) is 0 Å². The summed E-state index contributed by atoms with van der Waals surface area (Å²) < 4.78 is 5.76. The van der Waals surface area contributed by atoms with Gasteiger partial charge in [0.2, 0.25) is 0 Å². The van der Waals surface area contributed by atoms with Crippen molar-refractivity contribution in [2.24, 2.45) is 4.99 Å². The SMILES string of the molecule is CCNC(=NCc1cc2ccccc2o1)NC(C)(C)C.I. The molecule has 0 spiro atoms. The van der Waals surface area contributed by atoms with E-state index in [4.69, 9.17) is 4.42 Å². The first-order chi connectivity index (χ1) is 9.48. The number of aliphatic imine (C=N–C) groups is 1. The minimum atomic E-state index is -0.0190. The van der Waals surface area contributed by atoms with Crippen molar-refractivity contribution in [3.63, 3.8) is 0 Å². The molecule has 2 N–H and O–H groups in total. The van der Waals surface area contributed by atoms with Gasteiger partial charge in [0.1, 0.15) is 17.9 Å². The second kappa shape index (κ2) is 7.68. The van der Waals surface area contributed by atoms with Crippen LogP contribution in [0.25, 0.3) is 11.0 Å². The summed E-state index contributed by atoms with van der Waals surface area (Å²) in [4.78, 5) is 4.57. The molecule has 0 aliphatic carbocycles. The molecule has 0 atom stereocenters. The molecule has 0 aliphatic rings. The third-order valence-electron chi connectivity index (χ3n) is 2.71. The van der Waals surface area contributed by atoms with Crippen molar-refractivity contribution in [1.82, 2.24) is 10.6 Å². The topological polar surface area (TPSA) is 49.6 Å². The van der Waals surface area contributed by atoms with E-state index in [1.54, 1.807) is 0 Å². The zero-order valence-corrected chi connectivity index (χ0v) is 15.4. The number of nitrogens with one attached hydrogen (secondary N) is 2. The van der Waals surface area contributed by atoms with E-state index in [2.05, 4.69) is 43.3 Å². The highest BCUT2D eigenvalue weighted by Crippen LogP contribution is 2.19. The third kappa shape index (κ3) is 5.57. The summed E-state index contributed by atoms with van der Waals surface area (Å²) in [6, 6.07) is 10.0. The van der Waals surface area contributed by atoms with E-state index in [0.717, 1.165) is 29.2 Å². The molecule has 1 aromatic carbocycles. The number of para-hydroxylation sites is 1. The number of halogens is 1. The van der Waals surface area contributed by atoms with Gasteiger partial charge in [0.25, 0.3) is 0 Å². The smallest absolute Gasteiger partial charge is 0.192 e. The van der Waals surface area contributed by atoms with Gasteiger partial charge in [0.05, 0.1) is 0 Å². The van der Waals surface area contributed by atoms with Gasteiger partial charge in [0, 0.05) is 17.5 Å². The third-order valence-corrected chi connectivity index (χ3v) is 2.71. The Morgan fingerprint density at radius 1 is 1.24 bits per heavy atom. The van der Waals surface area contributed by atoms with Gasteiger partial charge >= 0.3 is 0 Å². The molecule has 0 unspecified atom stereocenters. The highest BCUT2D eigenvalue weighted by molar-refractivity contribution is 14.0. The highest BCUT2D eigenvalue weighted by atomic mass is 127. The van der Waals surface area contributed by atoms with Gasteiger partial charge in [-0.1, -0.05) is 18.2 Å². The van der Waals surface area contributed by atoms with Crippen molar-refractivity contribution in [2.45, 2.75) is 39.8 Å². The first-order valence-electron chi connectivity index (χ1n) is 7.02. The number of benzene rings is 1. The number of hydrogen-bond donors (Lipinski definition) is 2. The number of nitrogens with zero attached hydrogens (tertiary/aromatic N) is 1. The molecule has 1 aromatic heterocycles. The lowest BCUT2D eigenvalue weighted by Gasteiger charge is -2.23. The standard InChI is InChI=1S/C16H23N3O.HI/c1-5-17-15(19-16(2,3)4)18-11-13-10-12-8-6-7-9-14(12)20-13;/h6-10H,5,11H2,1-4H3,(H2,17,18,19);1H. The molecule has 2 rings (SSSR count). The lowest BCUT2D eigenvalue weighted by molar-refractivity contribution is 0.498. The molecular weight excluding hydrogens is 377 g/mol. The molecular formula is C16H24IN3O. The van der Waals surface area contributed by atoms with E-state index in [9.17, 15) is 0 Å². The Bertz CT molecular complexity index is 566. The predicted molar refractivity (Wildman–Crippen MR) is 99.3 cm³/mol. The fraction of sp³-hybridized carbons (Fsp3) is 0.438. The minimum Gasteiger partial charge on any atom is -0.459 e. The predicted octanol–water partition coefficient (Wildman–Crippen LogP) is 3.90. The van der Waals surface area contributed by atoms with Gasteiger partial charge in [-0.05, 0) is 39.8 Å². The van der Waals surface area contributed by atoms with Crippen molar-refractivity contribution < 1.29 is 4.42 Å². The summed E-state index contributed by atoms with van der Waals surface area (Å²) in [5.74, 6) is 1.68. The first-order valence-corrected chi connectivity index (χ1v) is 7.02. The molecule has 116 valence electrons. The van der Waals surface area contributed by atoms with Crippen LogP contribution >= 0.6 is 24.0 Å². The molecule has 1 heterocycles. The Morgan fingerprint density at radius 3 is 2.57 bits per heavy atom. The Kier molecular flexibility index (Phi) is 6.51. The normalized spacial score (nSPS) is 12.1. The number of rotatable bonds is 3. The van der Waals surface area contributed by atoms with Crippen molar-refractivity contribution in [1.29, 1.82) is 0 Å². The van der Waals surface area contributed by atoms with E-state index < -0.39 is 0 Å². The van der Waals surface area contributed by atoms with Crippen LogP contribution in [0.15, 0.2) is 39.7 Å². The summed E-state index contributed by atoms with van der Waals surface area (Å²) in [6.07, 6.45) is 0. The zero-order chi connectivity index (χ0) is 14.6. The monoisotopic (exact) mass is 401 g/mol. The number of hydrogen-bond acceptors (Lipinski definition) is 2. The van der Waals surface area contributed by atoms with E-state index in [-0.39, 0.29) is 29.5 Å². The van der Waals surface area contributed by atoms with Gasteiger partial charge in [-0.2, -0.15) is 0 Å². The number of furan rings is 1. The van der Waals surface area contributed by atoms with Crippen LogP contribution in [0.2, 0.25) is 0 Å². The molecule has 0 fully saturated rings. The first kappa shape index (κ1) is 17.8. The Balaban J connectivity index is 0.00000220. The molecule has 0 saturated carbocycles. The van der Waals surface area contributed by atoms with E-state index >= 15 is 0 Å². The van der Waals surface area contributed by atoms with Crippen LogP contribution in [-0.2, 0) is 6.54 Å². The van der Waals surface area contributed by atoms with E-state index in [0.29, 0.717) is 6.54 Å². The molecule has 0 saturated heterocycles. The zero-order valence-electron chi connectivity index (χ0n) is 13.1. The number of fused-ring (bicyclic) bond motifs is 1. The molecule has 0 bridgehead atoms. The molecule has 0 aliphatic heterocycles. The Labute approximate surface area is 143 Å². The fourth-order valence-electron chi connectivity index (χ4n) is 1.93. The minimum absolute atomic E-state index is 0. The van der Waals surface area contributed by atoms with Crippen LogP contribution in [-0.4, -0.2) is 18.0 Å². The second-order valence-corrected chi connectivity index (χ2v) is 5.82. The van der Waals surface area contributed by atoms with Crippen LogP contribution in [0, 0.1) is 0 Å². The largest absolute Gasteiger partial charge is 0.459 e. The van der Waals surface area contributed by atoms with Gasteiger partial charge in [0.15, 0.2) is 5.96 Å². The summed E-state index contributed by atoms with van der Waals surface area (Å²) in [6.45, 7) is 9.76. The molecule has 21 heavy (non-hydrogen) atoms. The van der Waals surface area contributed by atoms with Gasteiger partial charge < -0.3 is 15.1 Å². The van der Waals surface area contributed by atoms with Gasteiger partial charge in [-0.25, -0.2) is 4.99 Å². The molecule has 0 amide bonds. The lowest BCUT2D eigenvalue weighted by Crippen LogP contribution is -2.47. The summed E-state index contributed by atoms with van der Waals surface area (Å²) in [5.41, 5.74) is 0.890. The average molecular weight is 401 g/mol. The summed E-state index contributed by atoms with van der Waals surface area (Å²) in [5, 5.41) is 7.72. The van der Waals surface area contributed by atoms with Gasteiger partial charge in [-0.15, -0.1) is 24.0 Å². The maximum absolute atomic E-state index is 5.76. The molecule has 4 nitrogen and oxygen atoms in total. The van der Waals surface area contributed by atoms with E-state index in [1.165, 1.54) is 0 Å². The molecule has 0 radical (unpaired) electrons. The van der Waals surface area contributed by atoms with Crippen LogP contribution < -0.4 is 10.6 Å².